The van der Waals surface area contributed by atoms with E-state index in [0.29, 0.717) is 30.4 Å². The van der Waals surface area contributed by atoms with Gasteiger partial charge in [0, 0.05) is 23.9 Å². The van der Waals surface area contributed by atoms with E-state index in [4.69, 9.17) is 14.2 Å². The molecule has 0 saturated carbocycles. The Labute approximate surface area is 199 Å². The van der Waals surface area contributed by atoms with Gasteiger partial charge in [0.1, 0.15) is 0 Å². The van der Waals surface area contributed by atoms with Gasteiger partial charge in [0.25, 0.3) is 11.6 Å². The molecular formula is C22H23N3O10. The van der Waals surface area contributed by atoms with Crippen LogP contribution in [0, 0.1) is 10.1 Å². The number of nitrogens with zero attached hydrogens (tertiary/aromatic N) is 1. The van der Waals surface area contributed by atoms with Crippen molar-refractivity contribution in [1.29, 1.82) is 0 Å². The summed E-state index contributed by atoms with van der Waals surface area (Å²) in [5, 5.41) is 15.5. The lowest BCUT2D eigenvalue weighted by Gasteiger charge is -2.13. The molecule has 35 heavy (non-hydrogen) atoms. The van der Waals surface area contributed by atoms with Gasteiger partial charge in [0.05, 0.1) is 36.4 Å². The Morgan fingerprint density at radius 3 is 2.14 bits per heavy atom. The highest BCUT2D eigenvalue weighted by Gasteiger charge is 2.20. The third kappa shape index (κ3) is 7.70. The van der Waals surface area contributed by atoms with Crippen molar-refractivity contribution in [2.24, 2.45) is 0 Å². The Balaban J connectivity index is 1.98. The molecule has 2 rings (SSSR count). The van der Waals surface area contributed by atoms with Crippen LogP contribution < -0.4 is 20.1 Å². The van der Waals surface area contributed by atoms with Gasteiger partial charge in [0.15, 0.2) is 18.1 Å². The summed E-state index contributed by atoms with van der Waals surface area (Å²) in [5.74, 6) is -2.11. The topological polar surface area (TPSA) is 172 Å². The zero-order chi connectivity index (χ0) is 26.0. The normalized spacial score (nSPS) is 10.0. The molecule has 2 aromatic carbocycles. The zero-order valence-electron chi connectivity index (χ0n) is 19.1. The Hall–Kier alpha value is -4.68. The van der Waals surface area contributed by atoms with Gasteiger partial charge >= 0.3 is 18.0 Å². The molecular weight excluding hydrogens is 466 g/mol. The number of urea groups is 1. The van der Waals surface area contributed by atoms with Gasteiger partial charge in [0.2, 0.25) is 0 Å². The molecule has 0 aliphatic heterocycles. The van der Waals surface area contributed by atoms with Crippen molar-refractivity contribution in [2.45, 2.75) is 13.8 Å². The average Bonchev–Trinajstić information content (AvgIpc) is 2.83. The maximum Gasteiger partial charge on any atom is 0.338 e. The number of methoxy groups -OCH3 is 1. The van der Waals surface area contributed by atoms with Crippen LogP contribution in [0.5, 0.6) is 11.5 Å². The van der Waals surface area contributed by atoms with Crippen LogP contribution in [0.15, 0.2) is 36.4 Å². The molecule has 0 aromatic heterocycles. The van der Waals surface area contributed by atoms with Gasteiger partial charge < -0.3 is 24.3 Å². The number of nitrogens with one attached hydrogen (secondary N) is 2. The number of benzene rings is 2. The Kier molecular flexibility index (Phi) is 9.51. The summed E-state index contributed by atoms with van der Waals surface area (Å²) in [6.45, 7) is 3.51. The van der Waals surface area contributed by atoms with Crippen molar-refractivity contribution >= 4 is 35.3 Å². The number of ether oxygens (including phenoxy) is 4. The third-order valence-electron chi connectivity index (χ3n) is 4.17. The summed E-state index contributed by atoms with van der Waals surface area (Å²) in [5.41, 5.74) is -0.842. The van der Waals surface area contributed by atoms with Crippen LogP contribution in [0.3, 0.4) is 0 Å². The lowest BCUT2D eigenvalue weighted by Crippen LogP contribution is -2.37. The van der Waals surface area contributed by atoms with Crippen molar-refractivity contribution in [2.75, 3.05) is 32.2 Å². The maximum absolute atomic E-state index is 12.2. The van der Waals surface area contributed by atoms with E-state index < -0.39 is 41.1 Å². The number of hydrogen-bond acceptors (Lipinski definition) is 10. The van der Waals surface area contributed by atoms with Crippen molar-refractivity contribution in [3.8, 4) is 11.5 Å². The van der Waals surface area contributed by atoms with Crippen LogP contribution in [0.2, 0.25) is 0 Å². The number of amides is 3. The number of hydrogen-bond donors (Lipinski definition) is 2. The minimum Gasteiger partial charge on any atom is -0.490 e. The number of rotatable bonds is 10. The molecule has 13 nitrogen and oxygen atoms in total. The SMILES string of the molecule is CCOc1ccc(NC(=O)NC(=O)COC(=O)c2cc(C(=O)OC)cc([N+](=O)[O-])c2)cc1OCC. The molecule has 186 valence electrons. The second kappa shape index (κ2) is 12.5. The summed E-state index contributed by atoms with van der Waals surface area (Å²) in [6.07, 6.45) is 0. The first kappa shape index (κ1) is 26.6. The van der Waals surface area contributed by atoms with Crippen LogP contribution in [-0.4, -0.2) is 55.7 Å². The van der Waals surface area contributed by atoms with Gasteiger partial charge in [-0.2, -0.15) is 0 Å². The number of esters is 2. The quantitative estimate of drug-likeness (QED) is 0.287. The Morgan fingerprint density at radius 2 is 1.54 bits per heavy atom. The Bertz CT molecular complexity index is 1130. The average molecular weight is 489 g/mol. The minimum atomic E-state index is -1.12. The third-order valence-corrected chi connectivity index (χ3v) is 4.17. The summed E-state index contributed by atoms with van der Waals surface area (Å²) in [7, 11) is 1.07. The van der Waals surface area contributed by atoms with Crippen LogP contribution >= 0.6 is 0 Å². The molecule has 0 heterocycles. The smallest absolute Gasteiger partial charge is 0.338 e. The van der Waals surface area contributed by atoms with Crippen molar-refractivity contribution < 1.29 is 43.0 Å². The predicted octanol–water partition coefficient (Wildman–Crippen LogP) is 2.68. The Morgan fingerprint density at radius 1 is 0.914 bits per heavy atom. The molecule has 0 radical (unpaired) electrons. The van der Waals surface area contributed by atoms with Crippen LogP contribution in [-0.2, 0) is 14.3 Å². The van der Waals surface area contributed by atoms with Gasteiger partial charge in [-0.15, -0.1) is 0 Å². The first-order valence-corrected chi connectivity index (χ1v) is 10.2. The molecule has 0 aliphatic carbocycles. The number of nitro groups is 1. The molecule has 2 N–H and O–H groups in total. The first-order chi connectivity index (χ1) is 16.7. The number of imide groups is 1. The second-order valence-electron chi connectivity index (χ2n) is 6.62. The molecule has 0 spiro atoms. The summed E-state index contributed by atoms with van der Waals surface area (Å²) >= 11 is 0. The predicted molar refractivity (Wildman–Crippen MR) is 121 cm³/mol. The van der Waals surface area contributed by atoms with Crippen molar-refractivity contribution in [3.63, 3.8) is 0 Å². The zero-order valence-corrected chi connectivity index (χ0v) is 19.1. The fraction of sp³-hybridized carbons (Fsp3) is 0.273. The lowest BCUT2D eigenvalue weighted by molar-refractivity contribution is -0.384. The number of carbonyl (C=O) groups excluding carboxylic acids is 4. The maximum atomic E-state index is 12.2. The minimum absolute atomic E-state index is 0.251. The molecule has 0 fully saturated rings. The monoisotopic (exact) mass is 489 g/mol. The van der Waals surface area contributed by atoms with Crippen LogP contribution in [0.25, 0.3) is 0 Å². The first-order valence-electron chi connectivity index (χ1n) is 10.2. The summed E-state index contributed by atoms with van der Waals surface area (Å²) < 4.78 is 20.2. The summed E-state index contributed by atoms with van der Waals surface area (Å²) in [6, 6.07) is 6.57. The highest BCUT2D eigenvalue weighted by Crippen LogP contribution is 2.30. The molecule has 0 bridgehead atoms. The molecule has 0 unspecified atom stereocenters. The lowest BCUT2D eigenvalue weighted by atomic mass is 10.1. The van der Waals surface area contributed by atoms with Gasteiger partial charge in [-0.1, -0.05) is 0 Å². The number of carbonyl (C=O) groups is 4. The van der Waals surface area contributed by atoms with E-state index in [1.807, 2.05) is 12.2 Å². The molecule has 0 aliphatic rings. The van der Waals surface area contributed by atoms with E-state index in [-0.39, 0.29) is 11.1 Å². The van der Waals surface area contributed by atoms with Gasteiger partial charge in [-0.3, -0.25) is 20.2 Å². The highest BCUT2D eigenvalue weighted by molar-refractivity contribution is 6.02. The van der Waals surface area contributed by atoms with E-state index >= 15 is 0 Å². The fourth-order valence-corrected chi connectivity index (χ4v) is 2.74. The largest absolute Gasteiger partial charge is 0.490 e. The van der Waals surface area contributed by atoms with Crippen LogP contribution in [0.4, 0.5) is 16.2 Å². The van der Waals surface area contributed by atoms with Crippen LogP contribution in [0.1, 0.15) is 34.6 Å². The second-order valence-corrected chi connectivity index (χ2v) is 6.62. The number of non-ortho nitro benzene ring substituents is 1. The van der Waals surface area contributed by atoms with Crippen molar-refractivity contribution in [3.05, 3.63) is 57.6 Å². The molecule has 0 atom stereocenters. The molecule has 0 saturated heterocycles. The number of nitro benzene ring substituents is 1. The van der Waals surface area contributed by atoms with E-state index in [1.165, 1.54) is 6.07 Å². The molecule has 2 aromatic rings. The molecule has 3 amide bonds. The molecule has 13 heteroatoms. The van der Waals surface area contributed by atoms with E-state index in [0.717, 1.165) is 25.3 Å². The fourth-order valence-electron chi connectivity index (χ4n) is 2.74. The van der Waals surface area contributed by atoms with E-state index in [2.05, 4.69) is 10.1 Å². The van der Waals surface area contributed by atoms with Gasteiger partial charge in [-0.25, -0.2) is 14.4 Å². The summed E-state index contributed by atoms with van der Waals surface area (Å²) in [4.78, 5) is 58.3. The van der Waals surface area contributed by atoms with Crippen molar-refractivity contribution in [1.82, 2.24) is 5.32 Å². The van der Waals surface area contributed by atoms with E-state index in [9.17, 15) is 29.3 Å². The standard InChI is InChI=1S/C22H23N3O10/c1-4-33-17-7-6-15(11-18(17)34-5-2)23-22(29)24-19(26)12-35-21(28)14-8-13(20(27)32-3)9-16(10-14)25(30)31/h6-11H,4-5,12H2,1-3H3,(H2,23,24,26,29). The highest BCUT2D eigenvalue weighted by atomic mass is 16.6. The van der Waals surface area contributed by atoms with Gasteiger partial charge in [-0.05, 0) is 32.0 Å². The number of anilines is 1. The van der Waals surface area contributed by atoms with E-state index in [1.54, 1.807) is 19.1 Å².